The zero-order valence-electron chi connectivity index (χ0n) is 9.03. The summed E-state index contributed by atoms with van der Waals surface area (Å²) < 4.78 is 5.30. The molecular weight excluding hydrogens is 224 g/mol. The minimum atomic E-state index is 0.0775. The molecule has 0 saturated carbocycles. The van der Waals surface area contributed by atoms with Crippen LogP contribution in [0.1, 0.15) is 18.0 Å². The summed E-state index contributed by atoms with van der Waals surface area (Å²) in [4.78, 5) is 0. The SMILES string of the molecule is COc1ccc(Cl)cc1C1CC(C#N)CN1. The van der Waals surface area contributed by atoms with E-state index in [9.17, 15) is 0 Å². The number of rotatable bonds is 2. The third kappa shape index (κ3) is 2.13. The molecule has 1 saturated heterocycles. The molecule has 1 aliphatic rings. The van der Waals surface area contributed by atoms with Crippen molar-refractivity contribution in [2.24, 2.45) is 5.92 Å². The largest absolute Gasteiger partial charge is 0.496 e. The molecule has 0 aliphatic carbocycles. The van der Waals surface area contributed by atoms with E-state index in [4.69, 9.17) is 21.6 Å². The molecule has 1 aromatic rings. The van der Waals surface area contributed by atoms with Gasteiger partial charge in [0.15, 0.2) is 0 Å². The molecule has 0 bridgehead atoms. The molecule has 16 heavy (non-hydrogen) atoms. The van der Waals surface area contributed by atoms with Crippen LogP contribution in [0.2, 0.25) is 5.02 Å². The second kappa shape index (κ2) is 4.73. The quantitative estimate of drug-likeness (QED) is 0.858. The number of nitrogens with one attached hydrogen (secondary N) is 1. The van der Waals surface area contributed by atoms with Crippen molar-refractivity contribution in [3.8, 4) is 11.8 Å². The van der Waals surface area contributed by atoms with Crippen LogP contribution in [0, 0.1) is 17.2 Å². The van der Waals surface area contributed by atoms with E-state index in [2.05, 4.69) is 11.4 Å². The summed E-state index contributed by atoms with van der Waals surface area (Å²) in [5.74, 6) is 0.897. The van der Waals surface area contributed by atoms with E-state index in [0.717, 1.165) is 24.3 Å². The van der Waals surface area contributed by atoms with Crippen LogP contribution in [0.5, 0.6) is 5.75 Å². The number of halogens is 1. The molecule has 2 atom stereocenters. The summed E-state index contributed by atoms with van der Waals surface area (Å²) in [7, 11) is 1.64. The van der Waals surface area contributed by atoms with Crippen LogP contribution in [0.4, 0.5) is 0 Å². The third-order valence-electron chi connectivity index (χ3n) is 2.88. The lowest BCUT2D eigenvalue weighted by atomic mass is 10.0. The van der Waals surface area contributed by atoms with Gasteiger partial charge in [-0.3, -0.25) is 0 Å². The van der Waals surface area contributed by atoms with Gasteiger partial charge >= 0.3 is 0 Å². The maximum Gasteiger partial charge on any atom is 0.123 e. The first-order valence-electron chi connectivity index (χ1n) is 5.21. The van der Waals surface area contributed by atoms with Crippen molar-refractivity contribution in [2.75, 3.05) is 13.7 Å². The molecule has 0 spiro atoms. The molecule has 4 heteroatoms. The lowest BCUT2D eigenvalue weighted by Gasteiger charge is -2.15. The smallest absolute Gasteiger partial charge is 0.123 e. The van der Waals surface area contributed by atoms with Crippen molar-refractivity contribution in [3.63, 3.8) is 0 Å². The minimum Gasteiger partial charge on any atom is -0.496 e. The lowest BCUT2D eigenvalue weighted by molar-refractivity contribution is 0.403. The van der Waals surface area contributed by atoms with Gasteiger partial charge in [0.2, 0.25) is 0 Å². The zero-order valence-corrected chi connectivity index (χ0v) is 9.79. The monoisotopic (exact) mass is 236 g/mol. The summed E-state index contributed by atoms with van der Waals surface area (Å²) in [6, 6.07) is 8.01. The lowest BCUT2D eigenvalue weighted by Crippen LogP contribution is -2.14. The topological polar surface area (TPSA) is 45.0 Å². The Balaban J connectivity index is 2.27. The first-order chi connectivity index (χ1) is 7.74. The molecule has 2 rings (SSSR count). The van der Waals surface area contributed by atoms with E-state index in [1.165, 1.54) is 0 Å². The van der Waals surface area contributed by atoms with Crippen LogP contribution in [0.15, 0.2) is 18.2 Å². The Morgan fingerprint density at radius 1 is 1.56 bits per heavy atom. The highest BCUT2D eigenvalue weighted by atomic mass is 35.5. The minimum absolute atomic E-state index is 0.0775. The number of hydrogen-bond acceptors (Lipinski definition) is 3. The second-order valence-electron chi connectivity index (χ2n) is 3.91. The molecule has 1 N–H and O–H groups in total. The number of hydrogen-bond donors (Lipinski definition) is 1. The van der Waals surface area contributed by atoms with Crippen molar-refractivity contribution >= 4 is 11.6 Å². The number of benzene rings is 1. The van der Waals surface area contributed by atoms with Crippen LogP contribution in [0.25, 0.3) is 0 Å². The molecule has 0 aromatic heterocycles. The van der Waals surface area contributed by atoms with E-state index in [1.807, 2.05) is 12.1 Å². The Hall–Kier alpha value is -1.24. The van der Waals surface area contributed by atoms with Crippen molar-refractivity contribution in [2.45, 2.75) is 12.5 Å². The summed E-state index contributed by atoms with van der Waals surface area (Å²) in [5, 5.41) is 12.9. The number of methoxy groups -OCH3 is 1. The van der Waals surface area contributed by atoms with E-state index >= 15 is 0 Å². The van der Waals surface area contributed by atoms with E-state index in [0.29, 0.717) is 5.02 Å². The van der Waals surface area contributed by atoms with Gasteiger partial charge in [0, 0.05) is 23.2 Å². The summed E-state index contributed by atoms with van der Waals surface area (Å²) in [5.41, 5.74) is 1.03. The predicted molar refractivity (Wildman–Crippen MR) is 62.5 cm³/mol. The predicted octanol–water partition coefficient (Wildman–Crippen LogP) is 2.52. The highest BCUT2D eigenvalue weighted by Gasteiger charge is 2.27. The Kier molecular flexibility index (Phi) is 3.33. The Morgan fingerprint density at radius 3 is 3.00 bits per heavy atom. The summed E-state index contributed by atoms with van der Waals surface area (Å²) in [6.07, 6.45) is 0.813. The van der Waals surface area contributed by atoms with E-state index < -0.39 is 0 Å². The fourth-order valence-electron chi connectivity index (χ4n) is 2.05. The molecule has 1 fully saturated rings. The van der Waals surface area contributed by atoms with Crippen molar-refractivity contribution < 1.29 is 4.74 Å². The van der Waals surface area contributed by atoms with Crippen LogP contribution < -0.4 is 10.1 Å². The highest BCUT2D eigenvalue weighted by Crippen LogP contribution is 2.34. The zero-order chi connectivity index (χ0) is 11.5. The standard InChI is InChI=1S/C12H13ClN2O/c1-16-12-3-2-9(13)5-10(12)11-4-8(6-14)7-15-11/h2-3,5,8,11,15H,4,7H2,1H3. The average Bonchev–Trinajstić information content (AvgIpc) is 2.77. The number of ether oxygens (including phenoxy) is 1. The third-order valence-corrected chi connectivity index (χ3v) is 3.12. The number of nitriles is 1. The van der Waals surface area contributed by atoms with Crippen molar-refractivity contribution in [1.29, 1.82) is 5.26 Å². The van der Waals surface area contributed by atoms with Crippen LogP contribution >= 0.6 is 11.6 Å². The summed E-state index contributed by atoms with van der Waals surface area (Å²) >= 11 is 5.97. The Morgan fingerprint density at radius 2 is 2.38 bits per heavy atom. The van der Waals surface area contributed by atoms with Gasteiger partial charge in [-0.05, 0) is 24.6 Å². The number of nitrogens with zero attached hydrogens (tertiary/aromatic N) is 1. The Bertz CT molecular complexity index is 428. The normalized spacial score (nSPS) is 24.1. The first kappa shape index (κ1) is 11.3. The van der Waals surface area contributed by atoms with Crippen molar-refractivity contribution in [1.82, 2.24) is 5.32 Å². The Labute approximate surface area is 100.0 Å². The van der Waals surface area contributed by atoms with Crippen LogP contribution in [-0.4, -0.2) is 13.7 Å². The molecule has 84 valence electrons. The maximum atomic E-state index is 8.86. The van der Waals surface area contributed by atoms with E-state index in [-0.39, 0.29) is 12.0 Å². The fourth-order valence-corrected chi connectivity index (χ4v) is 2.23. The van der Waals surface area contributed by atoms with Gasteiger partial charge in [-0.1, -0.05) is 11.6 Å². The second-order valence-corrected chi connectivity index (χ2v) is 4.35. The highest BCUT2D eigenvalue weighted by molar-refractivity contribution is 6.30. The molecule has 1 aromatic carbocycles. The molecule has 2 unspecified atom stereocenters. The van der Waals surface area contributed by atoms with Crippen LogP contribution in [-0.2, 0) is 0 Å². The first-order valence-corrected chi connectivity index (χ1v) is 5.59. The van der Waals surface area contributed by atoms with Gasteiger partial charge < -0.3 is 10.1 Å². The van der Waals surface area contributed by atoms with Gasteiger partial charge in [-0.2, -0.15) is 5.26 Å². The van der Waals surface area contributed by atoms with Gasteiger partial charge in [-0.15, -0.1) is 0 Å². The molecule has 0 radical (unpaired) electrons. The molecule has 1 heterocycles. The summed E-state index contributed by atoms with van der Waals surface area (Å²) in [6.45, 7) is 0.733. The maximum absolute atomic E-state index is 8.86. The van der Waals surface area contributed by atoms with E-state index in [1.54, 1.807) is 13.2 Å². The molecule has 0 amide bonds. The van der Waals surface area contributed by atoms with Gasteiger partial charge in [0.25, 0.3) is 0 Å². The van der Waals surface area contributed by atoms with Gasteiger partial charge in [0.05, 0.1) is 19.1 Å². The van der Waals surface area contributed by atoms with Gasteiger partial charge in [0.1, 0.15) is 5.75 Å². The molecular formula is C12H13ClN2O. The average molecular weight is 237 g/mol. The molecule has 1 aliphatic heterocycles. The molecule has 3 nitrogen and oxygen atoms in total. The van der Waals surface area contributed by atoms with Crippen LogP contribution in [0.3, 0.4) is 0 Å². The van der Waals surface area contributed by atoms with Gasteiger partial charge in [-0.25, -0.2) is 0 Å². The van der Waals surface area contributed by atoms with Crippen molar-refractivity contribution in [3.05, 3.63) is 28.8 Å². The fraction of sp³-hybridized carbons (Fsp3) is 0.417.